The van der Waals surface area contributed by atoms with Gasteiger partial charge in [0.25, 0.3) is 0 Å². The van der Waals surface area contributed by atoms with E-state index in [1.807, 2.05) is 24.3 Å². The van der Waals surface area contributed by atoms with Crippen LogP contribution in [0.25, 0.3) is 0 Å². The van der Waals surface area contributed by atoms with Crippen molar-refractivity contribution in [2.24, 2.45) is 4.99 Å². The lowest BCUT2D eigenvalue weighted by molar-refractivity contribution is 0.204. The predicted molar refractivity (Wildman–Crippen MR) is 55.6 cm³/mol. The summed E-state index contributed by atoms with van der Waals surface area (Å²) in [6, 6.07) is 7.46. The first-order valence-corrected chi connectivity index (χ1v) is 4.50. The van der Waals surface area contributed by atoms with Crippen LogP contribution in [0.1, 0.15) is 12.5 Å². The molecule has 0 saturated carbocycles. The molecule has 1 rings (SSSR count). The number of aliphatic hydroxyl groups excluding tert-OH is 1. The van der Waals surface area contributed by atoms with E-state index in [-0.39, 0.29) is 0 Å². The van der Waals surface area contributed by atoms with Crippen LogP contribution < -0.4 is 0 Å². The van der Waals surface area contributed by atoms with Crippen molar-refractivity contribution < 1.29 is 5.11 Å². The number of halogens is 1. The highest BCUT2D eigenvalue weighted by atomic mass is 35.5. The predicted octanol–water partition coefficient (Wildman–Crippen LogP) is 2.14. The molecular weight excluding hydrogens is 186 g/mol. The summed E-state index contributed by atoms with van der Waals surface area (Å²) in [5.41, 5.74) is 0.879. The van der Waals surface area contributed by atoms with Gasteiger partial charge >= 0.3 is 0 Å². The van der Waals surface area contributed by atoms with Crippen LogP contribution in [-0.2, 0) is 0 Å². The number of hydrogen-bond donors (Lipinski definition) is 1. The second-order valence-electron chi connectivity index (χ2n) is 2.86. The molecule has 70 valence electrons. The lowest BCUT2D eigenvalue weighted by atomic mass is 10.2. The average molecular weight is 198 g/mol. The molecule has 1 atom stereocenters. The Morgan fingerprint density at radius 3 is 2.85 bits per heavy atom. The standard InChI is InChI=1S/C10H12ClNO/c1-8(13)6-12-7-9-4-2-3-5-10(9)11/h2-5,7-8,13H,6H2,1H3. The highest BCUT2D eigenvalue weighted by Gasteiger charge is 1.94. The molecule has 2 nitrogen and oxygen atoms in total. The Balaban J connectivity index is 2.63. The van der Waals surface area contributed by atoms with Crippen LogP contribution in [-0.4, -0.2) is 24.0 Å². The summed E-state index contributed by atoms with van der Waals surface area (Å²) in [5.74, 6) is 0. The van der Waals surface area contributed by atoms with Crippen molar-refractivity contribution in [3.8, 4) is 0 Å². The molecule has 1 N–H and O–H groups in total. The first-order chi connectivity index (χ1) is 6.20. The number of nitrogens with zero attached hydrogens (tertiary/aromatic N) is 1. The van der Waals surface area contributed by atoms with Gasteiger partial charge in [-0.3, -0.25) is 4.99 Å². The minimum absolute atomic E-state index is 0.404. The van der Waals surface area contributed by atoms with Gasteiger partial charge in [0.15, 0.2) is 0 Å². The zero-order chi connectivity index (χ0) is 9.68. The van der Waals surface area contributed by atoms with E-state index in [1.165, 1.54) is 0 Å². The first-order valence-electron chi connectivity index (χ1n) is 4.12. The van der Waals surface area contributed by atoms with E-state index in [1.54, 1.807) is 13.1 Å². The molecule has 0 amide bonds. The molecule has 3 heteroatoms. The smallest absolute Gasteiger partial charge is 0.0707 e. The zero-order valence-electron chi connectivity index (χ0n) is 7.44. The Labute approximate surface area is 82.9 Å². The van der Waals surface area contributed by atoms with Crippen molar-refractivity contribution in [2.45, 2.75) is 13.0 Å². The molecule has 1 unspecified atom stereocenters. The fourth-order valence-electron chi connectivity index (χ4n) is 0.883. The van der Waals surface area contributed by atoms with Gasteiger partial charge < -0.3 is 5.11 Å². The molecule has 0 aliphatic heterocycles. The molecule has 0 aromatic heterocycles. The van der Waals surface area contributed by atoms with E-state index in [2.05, 4.69) is 4.99 Å². The molecule has 0 fully saturated rings. The van der Waals surface area contributed by atoms with Crippen molar-refractivity contribution in [1.82, 2.24) is 0 Å². The number of aliphatic imine (C=N–C) groups is 1. The van der Waals surface area contributed by atoms with Gasteiger partial charge in [-0.1, -0.05) is 29.8 Å². The van der Waals surface area contributed by atoms with Crippen molar-refractivity contribution in [3.05, 3.63) is 34.9 Å². The normalized spacial score (nSPS) is 13.5. The lowest BCUT2D eigenvalue weighted by Gasteiger charge is -1.98. The van der Waals surface area contributed by atoms with Gasteiger partial charge in [0, 0.05) is 16.8 Å². The summed E-state index contributed by atoms with van der Waals surface area (Å²) in [6.07, 6.45) is 1.27. The lowest BCUT2D eigenvalue weighted by Crippen LogP contribution is -2.03. The third-order valence-electron chi connectivity index (χ3n) is 1.51. The fourth-order valence-corrected chi connectivity index (χ4v) is 1.07. The minimum Gasteiger partial charge on any atom is -0.391 e. The van der Waals surface area contributed by atoms with Crippen LogP contribution in [0.3, 0.4) is 0 Å². The fraction of sp³-hybridized carbons (Fsp3) is 0.300. The van der Waals surface area contributed by atoms with Gasteiger partial charge in [0.05, 0.1) is 12.6 Å². The second kappa shape index (κ2) is 5.00. The quantitative estimate of drug-likeness (QED) is 0.740. The van der Waals surface area contributed by atoms with E-state index >= 15 is 0 Å². The zero-order valence-corrected chi connectivity index (χ0v) is 8.20. The maximum atomic E-state index is 8.95. The third-order valence-corrected chi connectivity index (χ3v) is 1.85. The summed E-state index contributed by atoms with van der Waals surface area (Å²) in [7, 11) is 0. The highest BCUT2D eigenvalue weighted by Crippen LogP contribution is 2.12. The van der Waals surface area contributed by atoms with Crippen LogP contribution in [0.2, 0.25) is 5.02 Å². The van der Waals surface area contributed by atoms with E-state index < -0.39 is 6.10 Å². The molecular formula is C10H12ClNO. The van der Waals surface area contributed by atoms with Crippen LogP contribution in [0.4, 0.5) is 0 Å². The van der Waals surface area contributed by atoms with Gasteiger partial charge in [-0.15, -0.1) is 0 Å². The molecule has 0 saturated heterocycles. The van der Waals surface area contributed by atoms with Crippen molar-refractivity contribution in [1.29, 1.82) is 0 Å². The van der Waals surface area contributed by atoms with Gasteiger partial charge in [0.1, 0.15) is 0 Å². The van der Waals surface area contributed by atoms with E-state index in [0.717, 1.165) is 5.56 Å². The Kier molecular flexibility index (Phi) is 3.93. The van der Waals surface area contributed by atoms with Gasteiger partial charge in [-0.2, -0.15) is 0 Å². The first kappa shape index (κ1) is 10.2. The highest BCUT2D eigenvalue weighted by molar-refractivity contribution is 6.33. The number of aliphatic hydroxyl groups is 1. The molecule has 0 aliphatic carbocycles. The molecule has 1 aromatic carbocycles. The number of rotatable bonds is 3. The van der Waals surface area contributed by atoms with Crippen molar-refractivity contribution in [2.75, 3.05) is 6.54 Å². The Bertz CT molecular complexity index is 297. The van der Waals surface area contributed by atoms with Crippen LogP contribution in [0, 0.1) is 0 Å². The van der Waals surface area contributed by atoms with E-state index in [0.29, 0.717) is 11.6 Å². The molecule has 0 radical (unpaired) electrons. The summed E-state index contributed by atoms with van der Waals surface area (Å²) < 4.78 is 0. The SMILES string of the molecule is CC(O)CN=Cc1ccccc1Cl. The molecule has 0 spiro atoms. The summed E-state index contributed by atoms with van der Waals surface area (Å²) in [4.78, 5) is 4.04. The molecule has 13 heavy (non-hydrogen) atoms. The molecule has 0 heterocycles. The third kappa shape index (κ3) is 3.57. The Hall–Kier alpha value is -0.860. The average Bonchev–Trinajstić information content (AvgIpc) is 2.08. The molecule has 0 aliphatic rings. The van der Waals surface area contributed by atoms with Gasteiger partial charge in [-0.05, 0) is 13.0 Å². The Morgan fingerprint density at radius 2 is 2.23 bits per heavy atom. The summed E-state index contributed by atoms with van der Waals surface area (Å²) in [5, 5.41) is 9.63. The van der Waals surface area contributed by atoms with E-state index in [9.17, 15) is 0 Å². The Morgan fingerprint density at radius 1 is 1.54 bits per heavy atom. The second-order valence-corrected chi connectivity index (χ2v) is 3.27. The summed E-state index contributed by atoms with van der Waals surface area (Å²) >= 11 is 5.89. The largest absolute Gasteiger partial charge is 0.391 e. The maximum Gasteiger partial charge on any atom is 0.0707 e. The summed E-state index contributed by atoms with van der Waals surface area (Å²) in [6.45, 7) is 2.11. The topological polar surface area (TPSA) is 32.6 Å². The molecule has 1 aromatic rings. The van der Waals surface area contributed by atoms with Crippen LogP contribution >= 0.6 is 11.6 Å². The monoisotopic (exact) mass is 197 g/mol. The van der Waals surface area contributed by atoms with Crippen molar-refractivity contribution in [3.63, 3.8) is 0 Å². The molecule has 0 bridgehead atoms. The van der Waals surface area contributed by atoms with Crippen LogP contribution in [0.15, 0.2) is 29.3 Å². The van der Waals surface area contributed by atoms with Gasteiger partial charge in [0.2, 0.25) is 0 Å². The van der Waals surface area contributed by atoms with Crippen molar-refractivity contribution >= 4 is 17.8 Å². The van der Waals surface area contributed by atoms with E-state index in [4.69, 9.17) is 16.7 Å². The number of benzene rings is 1. The maximum absolute atomic E-state index is 8.95. The minimum atomic E-state index is -0.404. The number of hydrogen-bond acceptors (Lipinski definition) is 2. The van der Waals surface area contributed by atoms with Gasteiger partial charge in [-0.25, -0.2) is 0 Å². The van der Waals surface area contributed by atoms with Crippen LogP contribution in [0.5, 0.6) is 0 Å².